The highest BCUT2D eigenvalue weighted by molar-refractivity contribution is 5.65. The van der Waals surface area contributed by atoms with Crippen LogP contribution in [-0.2, 0) is 14.3 Å². The number of ether oxygens (including phenoxy) is 1. The van der Waals surface area contributed by atoms with Crippen LogP contribution >= 0.6 is 0 Å². The summed E-state index contributed by atoms with van der Waals surface area (Å²) in [6.45, 7) is 8.74. The molecule has 0 unspecified atom stereocenters. The van der Waals surface area contributed by atoms with Crippen molar-refractivity contribution in [3.63, 3.8) is 0 Å². The highest BCUT2D eigenvalue weighted by Crippen LogP contribution is 2.47. The van der Waals surface area contributed by atoms with Crippen LogP contribution in [0.3, 0.4) is 0 Å². The Bertz CT molecular complexity index is 296. The molecule has 0 spiro atoms. The molecule has 1 aliphatic carbocycles. The van der Waals surface area contributed by atoms with Crippen molar-refractivity contribution >= 4 is 12.3 Å². The van der Waals surface area contributed by atoms with E-state index >= 15 is 0 Å². The summed E-state index contributed by atoms with van der Waals surface area (Å²) in [5.41, 5.74) is 0.287. The zero-order valence-corrected chi connectivity index (χ0v) is 12.1. The topological polar surface area (TPSA) is 43.4 Å². The first-order valence-corrected chi connectivity index (χ1v) is 6.94. The lowest BCUT2D eigenvalue weighted by molar-refractivity contribution is -0.143. The zero-order valence-electron chi connectivity index (χ0n) is 12.1. The van der Waals surface area contributed by atoms with Crippen molar-refractivity contribution in [2.45, 2.75) is 53.4 Å². The summed E-state index contributed by atoms with van der Waals surface area (Å²) in [4.78, 5) is 21.6. The van der Waals surface area contributed by atoms with Crippen molar-refractivity contribution in [1.82, 2.24) is 0 Å². The van der Waals surface area contributed by atoms with Crippen molar-refractivity contribution in [1.29, 1.82) is 0 Å². The van der Waals surface area contributed by atoms with Crippen LogP contribution in [0.4, 0.5) is 0 Å². The Morgan fingerprint density at radius 2 is 2.17 bits per heavy atom. The molecule has 0 aromatic carbocycles. The van der Waals surface area contributed by atoms with Crippen LogP contribution in [-0.4, -0.2) is 18.9 Å². The molecule has 3 atom stereocenters. The maximum atomic E-state index is 10.9. The van der Waals surface area contributed by atoms with Gasteiger partial charge in [-0.25, -0.2) is 0 Å². The van der Waals surface area contributed by atoms with Gasteiger partial charge in [0.1, 0.15) is 6.29 Å². The minimum Gasteiger partial charge on any atom is -0.466 e. The molecule has 1 fully saturated rings. The summed E-state index contributed by atoms with van der Waals surface area (Å²) < 4.78 is 5.13. The zero-order chi connectivity index (χ0) is 13.8. The fraction of sp³-hybridized carbons (Fsp3) is 0.867. The lowest BCUT2D eigenvalue weighted by Crippen LogP contribution is -2.37. The monoisotopic (exact) mass is 254 g/mol. The van der Waals surface area contributed by atoms with Crippen molar-refractivity contribution in [3.8, 4) is 0 Å². The Labute approximate surface area is 110 Å². The Morgan fingerprint density at radius 3 is 2.72 bits per heavy atom. The van der Waals surface area contributed by atoms with Crippen LogP contribution in [0.15, 0.2) is 0 Å². The Hall–Kier alpha value is -0.860. The predicted octanol–water partition coefficient (Wildman–Crippen LogP) is 3.22. The molecule has 0 heterocycles. The van der Waals surface area contributed by atoms with E-state index in [0.29, 0.717) is 30.8 Å². The third-order valence-corrected chi connectivity index (χ3v) is 4.47. The summed E-state index contributed by atoms with van der Waals surface area (Å²) >= 11 is 0. The molecule has 1 rings (SSSR count). The maximum absolute atomic E-state index is 10.9. The SMILES string of the molecule is CC(=O)OC[C@@H]1CCC(C)(C)[C@@H]([C@H](C)CC=O)C1. The maximum Gasteiger partial charge on any atom is 0.302 e. The van der Waals surface area contributed by atoms with Gasteiger partial charge in [0.25, 0.3) is 0 Å². The van der Waals surface area contributed by atoms with E-state index in [1.165, 1.54) is 6.92 Å². The smallest absolute Gasteiger partial charge is 0.302 e. The second-order valence-corrected chi connectivity index (χ2v) is 6.42. The van der Waals surface area contributed by atoms with Crippen molar-refractivity contribution in [2.24, 2.45) is 23.2 Å². The molecule has 1 saturated carbocycles. The van der Waals surface area contributed by atoms with Gasteiger partial charge in [0.05, 0.1) is 6.61 Å². The van der Waals surface area contributed by atoms with Crippen LogP contribution in [0.5, 0.6) is 0 Å². The second kappa shape index (κ2) is 6.35. The summed E-state index contributed by atoms with van der Waals surface area (Å²) in [6.07, 6.45) is 4.98. The predicted molar refractivity (Wildman–Crippen MR) is 71.1 cm³/mol. The third-order valence-electron chi connectivity index (χ3n) is 4.47. The molecule has 0 amide bonds. The lowest BCUT2D eigenvalue weighted by Gasteiger charge is -2.44. The Kier molecular flexibility index (Phi) is 5.36. The number of carbonyl (C=O) groups is 2. The molecule has 3 heteroatoms. The van der Waals surface area contributed by atoms with Gasteiger partial charge in [-0.15, -0.1) is 0 Å². The van der Waals surface area contributed by atoms with Crippen LogP contribution in [0.1, 0.15) is 53.4 Å². The Balaban J connectivity index is 2.60. The first kappa shape index (κ1) is 15.2. The van der Waals surface area contributed by atoms with E-state index in [4.69, 9.17) is 4.74 Å². The highest BCUT2D eigenvalue weighted by atomic mass is 16.5. The molecule has 0 bridgehead atoms. The molecule has 18 heavy (non-hydrogen) atoms. The van der Waals surface area contributed by atoms with Gasteiger partial charge in [0.15, 0.2) is 0 Å². The van der Waals surface area contributed by atoms with Crippen LogP contribution < -0.4 is 0 Å². The van der Waals surface area contributed by atoms with Gasteiger partial charge >= 0.3 is 5.97 Å². The normalized spacial score (nSPS) is 28.4. The van der Waals surface area contributed by atoms with Gasteiger partial charge in [-0.1, -0.05) is 20.8 Å². The summed E-state index contributed by atoms with van der Waals surface area (Å²) in [6, 6.07) is 0. The van der Waals surface area contributed by atoms with Crippen molar-refractivity contribution < 1.29 is 14.3 Å². The number of hydrogen-bond donors (Lipinski definition) is 0. The number of carbonyl (C=O) groups excluding carboxylic acids is 2. The molecule has 0 aromatic heterocycles. The lowest BCUT2D eigenvalue weighted by atomic mass is 9.61. The number of aldehydes is 1. The van der Waals surface area contributed by atoms with Gasteiger partial charge in [-0.3, -0.25) is 4.79 Å². The minimum absolute atomic E-state index is 0.197. The molecule has 0 N–H and O–H groups in total. The molecule has 104 valence electrons. The van der Waals surface area contributed by atoms with Gasteiger partial charge < -0.3 is 9.53 Å². The molecule has 0 saturated heterocycles. The van der Waals surface area contributed by atoms with Gasteiger partial charge in [0.2, 0.25) is 0 Å². The number of esters is 1. The van der Waals surface area contributed by atoms with E-state index < -0.39 is 0 Å². The van der Waals surface area contributed by atoms with E-state index in [1.54, 1.807) is 0 Å². The number of hydrogen-bond acceptors (Lipinski definition) is 3. The van der Waals surface area contributed by atoms with Gasteiger partial charge in [0, 0.05) is 13.3 Å². The fourth-order valence-corrected chi connectivity index (χ4v) is 3.26. The van der Waals surface area contributed by atoms with Crippen LogP contribution in [0, 0.1) is 23.2 Å². The summed E-state index contributed by atoms with van der Waals surface area (Å²) in [5, 5.41) is 0. The van der Waals surface area contributed by atoms with E-state index in [9.17, 15) is 9.59 Å². The first-order chi connectivity index (χ1) is 8.36. The average molecular weight is 254 g/mol. The van der Waals surface area contributed by atoms with E-state index in [0.717, 1.165) is 25.5 Å². The van der Waals surface area contributed by atoms with E-state index in [1.807, 2.05) is 0 Å². The summed E-state index contributed by atoms with van der Waals surface area (Å²) in [7, 11) is 0. The molecular weight excluding hydrogens is 228 g/mol. The number of rotatable bonds is 5. The molecule has 0 aliphatic heterocycles. The fourth-order valence-electron chi connectivity index (χ4n) is 3.26. The van der Waals surface area contributed by atoms with Crippen molar-refractivity contribution in [2.75, 3.05) is 6.61 Å². The molecule has 0 aromatic rings. The van der Waals surface area contributed by atoms with E-state index in [2.05, 4.69) is 20.8 Å². The molecular formula is C15H26O3. The quantitative estimate of drug-likeness (QED) is 0.559. The van der Waals surface area contributed by atoms with Crippen LogP contribution in [0.2, 0.25) is 0 Å². The highest BCUT2D eigenvalue weighted by Gasteiger charge is 2.39. The average Bonchev–Trinajstić information content (AvgIpc) is 2.27. The largest absolute Gasteiger partial charge is 0.466 e. The molecule has 3 nitrogen and oxygen atoms in total. The second-order valence-electron chi connectivity index (χ2n) is 6.42. The van der Waals surface area contributed by atoms with Gasteiger partial charge in [-0.2, -0.15) is 0 Å². The third kappa shape index (κ3) is 4.11. The van der Waals surface area contributed by atoms with Gasteiger partial charge in [-0.05, 0) is 42.4 Å². The first-order valence-electron chi connectivity index (χ1n) is 6.94. The minimum atomic E-state index is -0.197. The Morgan fingerprint density at radius 1 is 1.50 bits per heavy atom. The van der Waals surface area contributed by atoms with Crippen LogP contribution in [0.25, 0.3) is 0 Å². The standard InChI is InChI=1S/C15H26O3/c1-11(6-8-16)14-9-13(10-18-12(2)17)5-7-15(14,3)4/h8,11,13-14H,5-7,9-10H2,1-4H3/t11-,13-,14-/m1/s1. The van der Waals surface area contributed by atoms with Crippen molar-refractivity contribution in [3.05, 3.63) is 0 Å². The molecule has 1 aliphatic rings. The van der Waals surface area contributed by atoms with E-state index in [-0.39, 0.29) is 11.4 Å². The summed E-state index contributed by atoms with van der Waals surface area (Å²) in [5.74, 6) is 1.22. The molecule has 0 radical (unpaired) electrons.